The van der Waals surface area contributed by atoms with Crippen LogP contribution in [-0.2, 0) is 13.1 Å². The van der Waals surface area contributed by atoms with E-state index in [1.54, 1.807) is 0 Å². The number of hydrogen-bond donors (Lipinski definition) is 1. The van der Waals surface area contributed by atoms with Gasteiger partial charge in [-0.3, -0.25) is 4.57 Å². The minimum atomic E-state index is 0.661. The lowest BCUT2D eigenvalue weighted by Gasteiger charge is -2.17. The minimum absolute atomic E-state index is 0.661. The number of nitrogen functional groups attached to an aromatic ring is 1. The largest absolute Gasteiger partial charge is 0.369 e. The maximum atomic E-state index is 6.19. The molecule has 0 unspecified atom stereocenters. The zero-order chi connectivity index (χ0) is 13.9. The topological polar surface area (TPSA) is 61.7 Å². The summed E-state index contributed by atoms with van der Waals surface area (Å²) in [5, 5.41) is 4.58. The van der Waals surface area contributed by atoms with Crippen molar-refractivity contribution in [3.05, 3.63) is 5.69 Å². The molecule has 2 saturated carbocycles. The van der Waals surface area contributed by atoms with Crippen LogP contribution in [0, 0.1) is 24.7 Å². The SMILES string of the molecule is CCn1nc(C)c2nc(N)n(CC(C3CC3)C3CC3)c21. The molecule has 0 bridgehead atoms. The number of rotatable bonds is 5. The van der Waals surface area contributed by atoms with Crippen LogP contribution in [0.3, 0.4) is 0 Å². The molecule has 2 N–H and O–H groups in total. The van der Waals surface area contributed by atoms with Crippen molar-refractivity contribution in [1.82, 2.24) is 19.3 Å². The van der Waals surface area contributed by atoms with Gasteiger partial charge in [0.05, 0.1) is 5.69 Å². The average molecular weight is 273 g/mol. The molecule has 2 fully saturated rings. The molecule has 0 aromatic carbocycles. The highest BCUT2D eigenvalue weighted by Crippen LogP contribution is 2.50. The monoisotopic (exact) mass is 273 g/mol. The Balaban J connectivity index is 1.75. The number of hydrogen-bond acceptors (Lipinski definition) is 3. The Hall–Kier alpha value is -1.52. The molecule has 0 atom stereocenters. The molecule has 0 saturated heterocycles. The molecular weight excluding hydrogens is 250 g/mol. The maximum absolute atomic E-state index is 6.19. The third-order valence-corrected chi connectivity index (χ3v) is 4.98. The normalized spacial score (nSPS) is 19.4. The van der Waals surface area contributed by atoms with Gasteiger partial charge in [0.15, 0.2) is 5.65 Å². The van der Waals surface area contributed by atoms with E-state index in [1.165, 1.54) is 25.7 Å². The van der Waals surface area contributed by atoms with Crippen LogP contribution >= 0.6 is 0 Å². The van der Waals surface area contributed by atoms with Gasteiger partial charge in [0.1, 0.15) is 5.52 Å². The van der Waals surface area contributed by atoms with E-state index in [4.69, 9.17) is 5.73 Å². The lowest BCUT2D eigenvalue weighted by Crippen LogP contribution is -2.18. The van der Waals surface area contributed by atoms with Crippen molar-refractivity contribution < 1.29 is 0 Å². The van der Waals surface area contributed by atoms with Crippen molar-refractivity contribution in [2.75, 3.05) is 5.73 Å². The summed E-state index contributed by atoms with van der Waals surface area (Å²) in [6, 6.07) is 0. The predicted octanol–water partition coefficient (Wildman–Crippen LogP) is 2.58. The smallest absolute Gasteiger partial charge is 0.202 e. The van der Waals surface area contributed by atoms with Crippen LogP contribution < -0.4 is 5.73 Å². The van der Waals surface area contributed by atoms with Gasteiger partial charge in [0.25, 0.3) is 0 Å². The number of fused-ring (bicyclic) bond motifs is 1. The summed E-state index contributed by atoms with van der Waals surface area (Å²) in [5.74, 6) is 3.32. The first-order valence-corrected chi connectivity index (χ1v) is 7.88. The molecule has 4 rings (SSSR count). The standard InChI is InChI=1S/C15H23N5/c1-3-20-14-13(9(2)18-20)17-15(16)19(14)8-12(10-4-5-10)11-6-7-11/h10-12H,3-8H2,1-2H3,(H2,16,17). The molecule has 2 aliphatic carbocycles. The highest BCUT2D eigenvalue weighted by molar-refractivity contribution is 5.77. The third kappa shape index (κ3) is 1.83. The van der Waals surface area contributed by atoms with Gasteiger partial charge < -0.3 is 5.73 Å². The number of aromatic nitrogens is 4. The predicted molar refractivity (Wildman–Crippen MR) is 79.3 cm³/mol. The van der Waals surface area contributed by atoms with Gasteiger partial charge in [-0.15, -0.1) is 0 Å². The van der Waals surface area contributed by atoms with Gasteiger partial charge in [0.2, 0.25) is 5.95 Å². The molecule has 0 amide bonds. The van der Waals surface area contributed by atoms with Crippen molar-refractivity contribution in [3.63, 3.8) is 0 Å². The van der Waals surface area contributed by atoms with E-state index >= 15 is 0 Å². The first-order chi connectivity index (χ1) is 9.69. The van der Waals surface area contributed by atoms with Crippen LogP contribution in [0.25, 0.3) is 11.2 Å². The summed E-state index contributed by atoms with van der Waals surface area (Å²) in [5.41, 5.74) is 9.28. The highest BCUT2D eigenvalue weighted by atomic mass is 15.4. The number of imidazole rings is 1. The molecule has 108 valence electrons. The van der Waals surface area contributed by atoms with Crippen molar-refractivity contribution in [2.24, 2.45) is 17.8 Å². The lowest BCUT2D eigenvalue weighted by molar-refractivity contribution is 0.352. The van der Waals surface area contributed by atoms with E-state index in [-0.39, 0.29) is 0 Å². The molecule has 0 aliphatic heterocycles. The van der Waals surface area contributed by atoms with E-state index < -0.39 is 0 Å². The van der Waals surface area contributed by atoms with Crippen LogP contribution in [0.15, 0.2) is 0 Å². The molecular formula is C15H23N5. The Bertz CT molecular complexity index is 633. The second-order valence-corrected chi connectivity index (χ2v) is 6.49. The lowest BCUT2D eigenvalue weighted by atomic mass is 9.98. The number of nitrogens with two attached hydrogens (primary N) is 1. The summed E-state index contributed by atoms with van der Waals surface area (Å²) >= 11 is 0. The van der Waals surface area contributed by atoms with E-state index in [1.807, 2.05) is 11.6 Å². The Kier molecular flexibility index (Phi) is 2.59. The van der Waals surface area contributed by atoms with Crippen LogP contribution in [0.4, 0.5) is 5.95 Å². The van der Waals surface area contributed by atoms with Crippen LogP contribution in [-0.4, -0.2) is 19.3 Å². The Morgan fingerprint density at radius 3 is 2.45 bits per heavy atom. The zero-order valence-corrected chi connectivity index (χ0v) is 12.3. The molecule has 5 heteroatoms. The van der Waals surface area contributed by atoms with Gasteiger partial charge in [-0.05, 0) is 57.3 Å². The maximum Gasteiger partial charge on any atom is 0.202 e. The van der Waals surface area contributed by atoms with Crippen molar-refractivity contribution >= 4 is 17.1 Å². The second-order valence-electron chi connectivity index (χ2n) is 6.49. The first-order valence-electron chi connectivity index (χ1n) is 7.88. The highest BCUT2D eigenvalue weighted by Gasteiger charge is 2.42. The molecule has 2 heterocycles. The Labute approximate surface area is 119 Å². The van der Waals surface area contributed by atoms with Crippen molar-refractivity contribution in [1.29, 1.82) is 0 Å². The molecule has 20 heavy (non-hydrogen) atoms. The fraction of sp³-hybridized carbons (Fsp3) is 0.733. The van der Waals surface area contributed by atoms with Crippen LogP contribution in [0.2, 0.25) is 0 Å². The summed E-state index contributed by atoms with van der Waals surface area (Å²) in [7, 11) is 0. The quantitative estimate of drug-likeness (QED) is 0.910. The minimum Gasteiger partial charge on any atom is -0.369 e. The molecule has 0 spiro atoms. The van der Waals surface area contributed by atoms with Gasteiger partial charge in [0, 0.05) is 13.1 Å². The van der Waals surface area contributed by atoms with E-state index in [0.29, 0.717) is 5.95 Å². The van der Waals surface area contributed by atoms with Crippen molar-refractivity contribution in [2.45, 2.75) is 52.6 Å². The second kappa shape index (κ2) is 4.24. The van der Waals surface area contributed by atoms with E-state index in [9.17, 15) is 0 Å². The Morgan fingerprint density at radius 2 is 1.90 bits per heavy atom. The van der Waals surface area contributed by atoms with E-state index in [0.717, 1.165) is 47.7 Å². The van der Waals surface area contributed by atoms with Gasteiger partial charge in [-0.2, -0.15) is 5.10 Å². The molecule has 2 aromatic rings. The first kappa shape index (κ1) is 12.2. The number of nitrogens with zero attached hydrogens (tertiary/aromatic N) is 4. The fourth-order valence-corrected chi connectivity index (χ4v) is 3.58. The molecule has 2 aliphatic rings. The van der Waals surface area contributed by atoms with Crippen LogP contribution in [0.5, 0.6) is 0 Å². The van der Waals surface area contributed by atoms with Crippen LogP contribution in [0.1, 0.15) is 38.3 Å². The fourth-order valence-electron chi connectivity index (χ4n) is 3.58. The Morgan fingerprint density at radius 1 is 1.25 bits per heavy atom. The van der Waals surface area contributed by atoms with Gasteiger partial charge in [-0.25, -0.2) is 9.67 Å². The molecule has 2 aromatic heterocycles. The average Bonchev–Trinajstić information content (AvgIpc) is 3.32. The molecule has 0 radical (unpaired) electrons. The molecule has 5 nitrogen and oxygen atoms in total. The number of aryl methyl sites for hydroxylation is 2. The van der Waals surface area contributed by atoms with Crippen molar-refractivity contribution in [3.8, 4) is 0 Å². The summed E-state index contributed by atoms with van der Waals surface area (Å²) < 4.78 is 4.27. The zero-order valence-electron chi connectivity index (χ0n) is 12.3. The van der Waals surface area contributed by atoms with E-state index in [2.05, 4.69) is 21.6 Å². The summed E-state index contributed by atoms with van der Waals surface area (Å²) in [6.07, 6.45) is 5.63. The summed E-state index contributed by atoms with van der Waals surface area (Å²) in [6.45, 7) is 6.04. The van der Waals surface area contributed by atoms with Gasteiger partial charge >= 0.3 is 0 Å². The third-order valence-electron chi connectivity index (χ3n) is 4.98. The summed E-state index contributed by atoms with van der Waals surface area (Å²) in [4.78, 5) is 4.55. The number of anilines is 1. The van der Waals surface area contributed by atoms with Gasteiger partial charge in [-0.1, -0.05) is 0 Å².